The molecule has 104 valence electrons. The first kappa shape index (κ1) is 13.5. The average Bonchev–Trinajstić information content (AvgIpc) is 2.77. The van der Waals surface area contributed by atoms with Crippen LogP contribution in [0.25, 0.3) is 11.2 Å². The van der Waals surface area contributed by atoms with E-state index in [2.05, 4.69) is 4.98 Å². The highest BCUT2D eigenvalue weighted by atomic mass is 16.5. The standard InChI is InChI=1S/C12H18N4O3/c1-4-6-19-7-5-16-11(17)9-10(13-8-14(9)2)15(3)12(16)18/h8H,4-7H2,1-3H3. The third-order valence-electron chi connectivity index (χ3n) is 3.01. The predicted molar refractivity (Wildman–Crippen MR) is 71.3 cm³/mol. The Morgan fingerprint density at radius 3 is 2.68 bits per heavy atom. The third kappa shape index (κ3) is 2.33. The topological polar surface area (TPSA) is 71.1 Å². The summed E-state index contributed by atoms with van der Waals surface area (Å²) in [6.45, 7) is 3.24. The summed E-state index contributed by atoms with van der Waals surface area (Å²) in [5.41, 5.74) is 0.148. The molecule has 2 heterocycles. The van der Waals surface area contributed by atoms with Gasteiger partial charge in [-0.25, -0.2) is 9.78 Å². The van der Waals surface area contributed by atoms with Crippen LogP contribution in [0.2, 0.25) is 0 Å². The summed E-state index contributed by atoms with van der Waals surface area (Å²) in [4.78, 5) is 28.4. The maximum Gasteiger partial charge on any atom is 0.332 e. The van der Waals surface area contributed by atoms with Gasteiger partial charge in [0, 0.05) is 20.7 Å². The van der Waals surface area contributed by atoms with Crippen LogP contribution in [0.1, 0.15) is 13.3 Å². The van der Waals surface area contributed by atoms with Gasteiger partial charge in [-0.3, -0.25) is 13.9 Å². The van der Waals surface area contributed by atoms with Crippen molar-refractivity contribution in [2.45, 2.75) is 19.9 Å². The highest BCUT2D eigenvalue weighted by molar-refractivity contribution is 5.69. The van der Waals surface area contributed by atoms with Gasteiger partial charge in [0.25, 0.3) is 5.56 Å². The van der Waals surface area contributed by atoms with Crippen LogP contribution in [-0.2, 0) is 25.4 Å². The van der Waals surface area contributed by atoms with Gasteiger partial charge in [0.05, 0.1) is 19.5 Å². The quantitative estimate of drug-likeness (QED) is 0.706. The Balaban J connectivity index is 2.46. The van der Waals surface area contributed by atoms with E-state index in [1.807, 2.05) is 6.92 Å². The number of aromatic nitrogens is 4. The van der Waals surface area contributed by atoms with Crippen molar-refractivity contribution in [2.75, 3.05) is 13.2 Å². The van der Waals surface area contributed by atoms with E-state index in [0.29, 0.717) is 24.4 Å². The second kappa shape index (κ2) is 5.40. The van der Waals surface area contributed by atoms with E-state index in [9.17, 15) is 9.59 Å². The van der Waals surface area contributed by atoms with Crippen LogP contribution in [0.3, 0.4) is 0 Å². The number of imidazole rings is 1. The fourth-order valence-electron chi connectivity index (χ4n) is 2.00. The van der Waals surface area contributed by atoms with Gasteiger partial charge in [-0.05, 0) is 6.42 Å². The number of nitrogens with zero attached hydrogens (tertiary/aromatic N) is 4. The van der Waals surface area contributed by atoms with Gasteiger partial charge in [0.1, 0.15) is 0 Å². The molecule has 0 aromatic carbocycles. The summed E-state index contributed by atoms with van der Waals surface area (Å²) in [5, 5.41) is 0. The second-order valence-electron chi connectivity index (χ2n) is 4.44. The number of fused-ring (bicyclic) bond motifs is 1. The molecule has 0 aliphatic carbocycles. The zero-order valence-electron chi connectivity index (χ0n) is 11.4. The lowest BCUT2D eigenvalue weighted by molar-refractivity contribution is 0.125. The molecular formula is C12H18N4O3. The molecule has 2 rings (SSSR count). The summed E-state index contributed by atoms with van der Waals surface area (Å²) in [6, 6.07) is 0. The van der Waals surface area contributed by atoms with Gasteiger partial charge in [-0.2, -0.15) is 0 Å². The summed E-state index contributed by atoms with van der Waals surface area (Å²) in [7, 11) is 3.35. The molecule has 7 nitrogen and oxygen atoms in total. The Morgan fingerprint density at radius 1 is 1.26 bits per heavy atom. The smallest absolute Gasteiger partial charge is 0.332 e. The fraction of sp³-hybridized carbons (Fsp3) is 0.583. The van der Waals surface area contributed by atoms with Crippen LogP contribution >= 0.6 is 0 Å². The van der Waals surface area contributed by atoms with Crippen molar-refractivity contribution in [1.82, 2.24) is 18.7 Å². The molecule has 7 heteroatoms. The molecule has 19 heavy (non-hydrogen) atoms. The maximum atomic E-state index is 12.3. The molecule has 0 bridgehead atoms. The first-order valence-electron chi connectivity index (χ1n) is 6.26. The van der Waals surface area contributed by atoms with Crippen molar-refractivity contribution in [3.05, 3.63) is 27.2 Å². The van der Waals surface area contributed by atoms with E-state index in [4.69, 9.17) is 4.74 Å². The molecular weight excluding hydrogens is 248 g/mol. The van der Waals surface area contributed by atoms with Crippen molar-refractivity contribution < 1.29 is 4.74 Å². The Labute approximate surface area is 110 Å². The molecule has 0 aliphatic heterocycles. The van der Waals surface area contributed by atoms with E-state index in [-0.39, 0.29) is 17.8 Å². The van der Waals surface area contributed by atoms with Crippen LogP contribution < -0.4 is 11.2 Å². The molecule has 0 spiro atoms. The minimum absolute atomic E-state index is 0.257. The van der Waals surface area contributed by atoms with Crippen molar-refractivity contribution in [1.29, 1.82) is 0 Å². The normalized spacial score (nSPS) is 11.3. The highest BCUT2D eigenvalue weighted by Crippen LogP contribution is 2.02. The lowest BCUT2D eigenvalue weighted by atomic mass is 10.5. The van der Waals surface area contributed by atoms with Gasteiger partial charge in [0.15, 0.2) is 11.2 Å². The van der Waals surface area contributed by atoms with Crippen LogP contribution in [0.15, 0.2) is 15.9 Å². The lowest BCUT2D eigenvalue weighted by Crippen LogP contribution is -2.40. The maximum absolute atomic E-state index is 12.3. The van der Waals surface area contributed by atoms with Crippen molar-refractivity contribution in [2.24, 2.45) is 14.1 Å². The highest BCUT2D eigenvalue weighted by Gasteiger charge is 2.14. The molecule has 0 N–H and O–H groups in total. The summed E-state index contributed by atoms with van der Waals surface area (Å²) >= 11 is 0. The van der Waals surface area contributed by atoms with Gasteiger partial charge in [-0.1, -0.05) is 6.92 Å². The molecule has 0 amide bonds. The summed E-state index contributed by atoms with van der Waals surface area (Å²) in [6.07, 6.45) is 2.44. The molecule has 0 fully saturated rings. The first-order valence-corrected chi connectivity index (χ1v) is 6.26. The minimum atomic E-state index is -0.365. The zero-order chi connectivity index (χ0) is 14.0. The SMILES string of the molecule is CCCOCCn1c(=O)c2c(ncn2C)n(C)c1=O. The van der Waals surface area contributed by atoms with E-state index >= 15 is 0 Å². The number of hydrogen-bond donors (Lipinski definition) is 0. The number of rotatable bonds is 5. The lowest BCUT2D eigenvalue weighted by Gasteiger charge is -2.08. The van der Waals surface area contributed by atoms with Gasteiger partial charge >= 0.3 is 5.69 Å². The van der Waals surface area contributed by atoms with Crippen molar-refractivity contribution in [3.63, 3.8) is 0 Å². The largest absolute Gasteiger partial charge is 0.380 e. The van der Waals surface area contributed by atoms with E-state index in [1.165, 1.54) is 15.5 Å². The average molecular weight is 266 g/mol. The van der Waals surface area contributed by atoms with E-state index in [1.54, 1.807) is 18.7 Å². The molecule has 0 saturated heterocycles. The monoisotopic (exact) mass is 266 g/mol. The Kier molecular flexibility index (Phi) is 3.84. The summed E-state index contributed by atoms with van der Waals surface area (Å²) in [5.74, 6) is 0. The molecule has 0 radical (unpaired) electrons. The van der Waals surface area contributed by atoms with Crippen molar-refractivity contribution in [3.8, 4) is 0 Å². The van der Waals surface area contributed by atoms with Crippen molar-refractivity contribution >= 4 is 11.2 Å². The predicted octanol–water partition coefficient (Wildman–Crippen LogP) is -0.140. The first-order chi connectivity index (χ1) is 9.07. The van der Waals surface area contributed by atoms with Crippen LogP contribution in [0, 0.1) is 0 Å². The zero-order valence-corrected chi connectivity index (χ0v) is 11.4. The third-order valence-corrected chi connectivity index (χ3v) is 3.01. The van der Waals surface area contributed by atoms with Gasteiger partial charge in [-0.15, -0.1) is 0 Å². The fourth-order valence-corrected chi connectivity index (χ4v) is 2.00. The van der Waals surface area contributed by atoms with Crippen LogP contribution in [0.5, 0.6) is 0 Å². The van der Waals surface area contributed by atoms with E-state index in [0.717, 1.165) is 6.42 Å². The Bertz CT molecular complexity index is 695. The number of aryl methyl sites for hydroxylation is 2. The second-order valence-corrected chi connectivity index (χ2v) is 4.44. The summed E-state index contributed by atoms with van der Waals surface area (Å²) < 4.78 is 9.54. The minimum Gasteiger partial charge on any atom is -0.380 e. The van der Waals surface area contributed by atoms with E-state index < -0.39 is 0 Å². The molecule has 2 aromatic heterocycles. The Hall–Kier alpha value is -1.89. The number of hydrogen-bond acceptors (Lipinski definition) is 4. The van der Waals surface area contributed by atoms with Crippen LogP contribution in [0.4, 0.5) is 0 Å². The Morgan fingerprint density at radius 2 is 2.00 bits per heavy atom. The molecule has 0 saturated carbocycles. The van der Waals surface area contributed by atoms with Gasteiger partial charge < -0.3 is 9.30 Å². The van der Waals surface area contributed by atoms with Gasteiger partial charge in [0.2, 0.25) is 0 Å². The molecule has 0 atom stereocenters. The molecule has 0 unspecified atom stereocenters. The molecule has 2 aromatic rings. The molecule has 0 aliphatic rings. The van der Waals surface area contributed by atoms with Crippen LogP contribution in [-0.4, -0.2) is 31.9 Å². The number of ether oxygens (including phenoxy) is 1.